The molecule has 17 heavy (non-hydrogen) atoms. The first-order valence-electron chi connectivity index (χ1n) is 5.88. The number of rotatable bonds is 3. The van der Waals surface area contributed by atoms with Crippen molar-refractivity contribution in [1.82, 2.24) is 9.88 Å². The van der Waals surface area contributed by atoms with Crippen molar-refractivity contribution in [2.45, 2.75) is 12.8 Å². The van der Waals surface area contributed by atoms with Crippen LogP contribution >= 0.6 is 27.5 Å². The topological polar surface area (TPSA) is 28.2 Å². The summed E-state index contributed by atoms with van der Waals surface area (Å²) in [5.41, 5.74) is 0.911. The Kier molecular flexibility index (Phi) is 4.65. The lowest BCUT2D eigenvalue weighted by molar-refractivity contribution is 0.217. The van der Waals surface area contributed by atoms with Gasteiger partial charge in [-0.2, -0.15) is 0 Å². The minimum absolute atomic E-state index is 0.539. The van der Waals surface area contributed by atoms with E-state index in [1.807, 2.05) is 6.07 Å². The van der Waals surface area contributed by atoms with Crippen LogP contribution in [0.3, 0.4) is 0 Å². The minimum Gasteiger partial charge on any atom is -0.382 e. The molecule has 1 aromatic rings. The van der Waals surface area contributed by atoms with Crippen LogP contribution < -0.4 is 5.32 Å². The average Bonchev–Trinajstić information content (AvgIpc) is 2.30. The van der Waals surface area contributed by atoms with Gasteiger partial charge >= 0.3 is 0 Å². The first-order valence-corrected chi connectivity index (χ1v) is 7.05. The lowest BCUT2D eigenvalue weighted by Crippen LogP contribution is -2.35. The molecule has 0 aromatic carbocycles. The third-order valence-electron chi connectivity index (χ3n) is 3.11. The summed E-state index contributed by atoms with van der Waals surface area (Å²) >= 11 is 9.44. The number of anilines is 1. The molecule has 1 saturated heterocycles. The summed E-state index contributed by atoms with van der Waals surface area (Å²) in [6, 6.07) is 1.97. The van der Waals surface area contributed by atoms with Gasteiger partial charge in [0.25, 0.3) is 0 Å². The Morgan fingerprint density at radius 3 is 3.24 bits per heavy atom. The summed E-state index contributed by atoms with van der Waals surface area (Å²) < 4.78 is 0.949. The maximum atomic E-state index is 6.04. The summed E-state index contributed by atoms with van der Waals surface area (Å²) in [5, 5.41) is 3.93. The summed E-state index contributed by atoms with van der Waals surface area (Å²) in [7, 11) is 2.18. The summed E-state index contributed by atoms with van der Waals surface area (Å²) in [6.45, 7) is 3.34. The van der Waals surface area contributed by atoms with Crippen molar-refractivity contribution in [3.8, 4) is 0 Å². The van der Waals surface area contributed by atoms with E-state index in [9.17, 15) is 0 Å². The monoisotopic (exact) mass is 317 g/mol. The molecule has 1 aromatic heterocycles. The van der Waals surface area contributed by atoms with Gasteiger partial charge in [0.05, 0.1) is 5.69 Å². The Hall–Kier alpha value is -0.320. The van der Waals surface area contributed by atoms with Crippen LogP contribution in [0.2, 0.25) is 5.15 Å². The van der Waals surface area contributed by atoms with E-state index >= 15 is 0 Å². The number of piperidine rings is 1. The number of halogens is 2. The molecule has 2 heterocycles. The molecule has 94 valence electrons. The first-order chi connectivity index (χ1) is 8.15. The summed E-state index contributed by atoms with van der Waals surface area (Å²) in [6.07, 6.45) is 4.28. The van der Waals surface area contributed by atoms with Crippen LogP contribution in [0, 0.1) is 5.92 Å². The van der Waals surface area contributed by atoms with Crippen molar-refractivity contribution in [2.75, 3.05) is 32.0 Å². The highest BCUT2D eigenvalue weighted by molar-refractivity contribution is 9.10. The van der Waals surface area contributed by atoms with E-state index in [0.29, 0.717) is 11.1 Å². The molecule has 0 spiro atoms. The lowest BCUT2D eigenvalue weighted by Gasteiger charge is -2.30. The number of aromatic nitrogens is 1. The maximum absolute atomic E-state index is 6.04. The van der Waals surface area contributed by atoms with E-state index in [1.165, 1.54) is 19.4 Å². The van der Waals surface area contributed by atoms with Crippen LogP contribution in [-0.2, 0) is 0 Å². The molecule has 1 N–H and O–H groups in total. The third-order valence-corrected chi connectivity index (χ3v) is 3.84. The molecule has 0 saturated carbocycles. The molecule has 1 aliphatic heterocycles. The number of nitrogens with one attached hydrogen (secondary N) is 1. The molecule has 3 nitrogen and oxygen atoms in total. The van der Waals surface area contributed by atoms with Crippen LogP contribution in [0.15, 0.2) is 16.7 Å². The highest BCUT2D eigenvalue weighted by Crippen LogP contribution is 2.24. The van der Waals surface area contributed by atoms with Gasteiger partial charge in [0, 0.05) is 23.8 Å². The van der Waals surface area contributed by atoms with Crippen molar-refractivity contribution < 1.29 is 0 Å². The van der Waals surface area contributed by atoms with Gasteiger partial charge in [-0.05, 0) is 54.3 Å². The Morgan fingerprint density at radius 1 is 1.65 bits per heavy atom. The van der Waals surface area contributed by atoms with E-state index in [-0.39, 0.29) is 0 Å². The van der Waals surface area contributed by atoms with Gasteiger partial charge in [-0.1, -0.05) is 11.6 Å². The SMILES string of the molecule is CN1CCCC(CNc2cc(Br)cnc2Cl)C1. The largest absolute Gasteiger partial charge is 0.382 e. The van der Waals surface area contributed by atoms with Crippen LogP contribution in [-0.4, -0.2) is 36.6 Å². The molecule has 1 unspecified atom stereocenters. The fourth-order valence-corrected chi connectivity index (χ4v) is 2.74. The molecule has 1 fully saturated rings. The van der Waals surface area contributed by atoms with Gasteiger partial charge in [0.1, 0.15) is 0 Å². The van der Waals surface area contributed by atoms with Crippen LogP contribution in [0.25, 0.3) is 0 Å². The third kappa shape index (κ3) is 3.83. The van der Waals surface area contributed by atoms with Crippen molar-refractivity contribution in [3.63, 3.8) is 0 Å². The summed E-state index contributed by atoms with van der Waals surface area (Å²) in [4.78, 5) is 6.49. The van der Waals surface area contributed by atoms with Crippen molar-refractivity contribution in [3.05, 3.63) is 21.9 Å². The molecule has 1 aliphatic rings. The predicted octanol–water partition coefficient (Wildman–Crippen LogP) is 3.25. The molecular formula is C12H17BrClN3. The van der Waals surface area contributed by atoms with E-state index in [2.05, 4.69) is 38.2 Å². The van der Waals surface area contributed by atoms with E-state index in [4.69, 9.17) is 11.6 Å². The molecule has 0 aliphatic carbocycles. The van der Waals surface area contributed by atoms with Crippen LogP contribution in [0.1, 0.15) is 12.8 Å². The zero-order valence-electron chi connectivity index (χ0n) is 9.92. The molecular weight excluding hydrogens is 302 g/mol. The first kappa shape index (κ1) is 13.1. The zero-order chi connectivity index (χ0) is 12.3. The second kappa shape index (κ2) is 6.03. The summed E-state index contributed by atoms with van der Waals surface area (Å²) in [5.74, 6) is 0.698. The standard InChI is InChI=1S/C12H17BrClN3/c1-17-4-2-3-9(8-17)6-15-11-5-10(13)7-16-12(11)14/h5,7,9,15H,2-4,6,8H2,1H3. The van der Waals surface area contributed by atoms with Gasteiger partial charge in [-0.25, -0.2) is 4.98 Å². The minimum atomic E-state index is 0.539. The number of nitrogens with zero attached hydrogens (tertiary/aromatic N) is 2. The van der Waals surface area contributed by atoms with Gasteiger partial charge < -0.3 is 10.2 Å². The van der Waals surface area contributed by atoms with Crippen LogP contribution in [0.4, 0.5) is 5.69 Å². The fourth-order valence-electron chi connectivity index (χ4n) is 2.24. The molecule has 2 rings (SSSR count). The van der Waals surface area contributed by atoms with Crippen molar-refractivity contribution in [1.29, 1.82) is 0 Å². The van der Waals surface area contributed by atoms with Gasteiger partial charge in [-0.15, -0.1) is 0 Å². The van der Waals surface area contributed by atoms with Crippen LogP contribution in [0.5, 0.6) is 0 Å². The quantitative estimate of drug-likeness (QED) is 0.867. The van der Waals surface area contributed by atoms with Gasteiger partial charge in [-0.3, -0.25) is 0 Å². The van der Waals surface area contributed by atoms with Crippen molar-refractivity contribution in [2.24, 2.45) is 5.92 Å². The predicted molar refractivity (Wildman–Crippen MR) is 75.7 cm³/mol. The molecule has 1 atom stereocenters. The second-order valence-corrected chi connectivity index (χ2v) is 5.92. The number of pyridine rings is 1. The number of likely N-dealkylation sites (tertiary alicyclic amines) is 1. The Bertz CT molecular complexity index is 386. The second-order valence-electron chi connectivity index (χ2n) is 4.64. The molecule has 5 heteroatoms. The lowest BCUT2D eigenvalue weighted by atomic mass is 9.98. The molecule has 0 radical (unpaired) electrons. The smallest absolute Gasteiger partial charge is 0.152 e. The van der Waals surface area contributed by atoms with E-state index in [1.54, 1.807) is 6.20 Å². The maximum Gasteiger partial charge on any atom is 0.152 e. The Morgan fingerprint density at radius 2 is 2.47 bits per heavy atom. The van der Waals surface area contributed by atoms with Gasteiger partial charge in [0.2, 0.25) is 0 Å². The van der Waals surface area contributed by atoms with Gasteiger partial charge in [0.15, 0.2) is 5.15 Å². The molecule has 0 bridgehead atoms. The fraction of sp³-hybridized carbons (Fsp3) is 0.583. The molecule has 0 amide bonds. The highest BCUT2D eigenvalue weighted by atomic mass is 79.9. The van der Waals surface area contributed by atoms with E-state index < -0.39 is 0 Å². The zero-order valence-corrected chi connectivity index (χ0v) is 12.3. The van der Waals surface area contributed by atoms with Crippen molar-refractivity contribution >= 4 is 33.2 Å². The Balaban J connectivity index is 1.90. The average molecular weight is 319 g/mol. The normalized spacial score (nSPS) is 21.5. The highest BCUT2D eigenvalue weighted by Gasteiger charge is 2.17. The Labute approximate surface area is 116 Å². The number of hydrogen-bond acceptors (Lipinski definition) is 3. The van der Waals surface area contributed by atoms with E-state index in [0.717, 1.165) is 23.2 Å². The number of hydrogen-bond donors (Lipinski definition) is 1.